The van der Waals surface area contributed by atoms with E-state index in [4.69, 9.17) is 5.11 Å². The van der Waals surface area contributed by atoms with Gasteiger partial charge in [0, 0.05) is 25.9 Å². The summed E-state index contributed by atoms with van der Waals surface area (Å²) in [6.45, 7) is 0.443. The first-order valence-electron chi connectivity index (χ1n) is 6.21. The van der Waals surface area contributed by atoms with Crippen molar-refractivity contribution in [3.05, 3.63) is 34.2 Å². The average molecular weight is 264 g/mol. The van der Waals surface area contributed by atoms with Crippen molar-refractivity contribution >= 4 is 11.9 Å². The minimum absolute atomic E-state index is 0.204. The molecule has 1 aromatic heterocycles. The molecule has 6 heteroatoms. The summed E-state index contributed by atoms with van der Waals surface area (Å²) >= 11 is 0. The van der Waals surface area contributed by atoms with E-state index in [-0.39, 0.29) is 11.5 Å². The highest BCUT2D eigenvalue weighted by atomic mass is 16.4. The SMILES string of the molecule is Cn1cc(C(=O)N2CCCC[C@H]2C(=O)O)ccc1=O. The first-order chi connectivity index (χ1) is 9.00. The van der Waals surface area contributed by atoms with Crippen LogP contribution in [0.4, 0.5) is 0 Å². The summed E-state index contributed by atoms with van der Waals surface area (Å²) in [4.78, 5) is 36.2. The molecule has 1 aromatic rings. The van der Waals surface area contributed by atoms with E-state index >= 15 is 0 Å². The molecular formula is C13H16N2O4. The number of aliphatic carboxylic acids is 1. The van der Waals surface area contributed by atoms with Crippen LogP contribution in [-0.2, 0) is 11.8 Å². The molecular weight excluding hydrogens is 248 g/mol. The lowest BCUT2D eigenvalue weighted by Gasteiger charge is -2.33. The number of nitrogens with zero attached hydrogens (tertiary/aromatic N) is 2. The van der Waals surface area contributed by atoms with Crippen LogP contribution in [0, 0.1) is 0 Å². The second-order valence-corrected chi connectivity index (χ2v) is 4.72. The number of amides is 1. The summed E-state index contributed by atoms with van der Waals surface area (Å²) in [6, 6.07) is 1.99. The molecule has 0 aliphatic carbocycles. The average Bonchev–Trinajstić information content (AvgIpc) is 2.41. The lowest BCUT2D eigenvalue weighted by Crippen LogP contribution is -2.48. The van der Waals surface area contributed by atoms with E-state index in [9.17, 15) is 14.4 Å². The van der Waals surface area contributed by atoms with Crippen LogP contribution in [0.2, 0.25) is 0 Å². The smallest absolute Gasteiger partial charge is 0.326 e. The molecule has 1 amide bonds. The molecule has 2 rings (SSSR count). The Morgan fingerprint density at radius 2 is 2.05 bits per heavy atom. The highest BCUT2D eigenvalue weighted by Gasteiger charge is 2.32. The number of hydrogen-bond acceptors (Lipinski definition) is 3. The Kier molecular flexibility index (Phi) is 3.69. The first kappa shape index (κ1) is 13.3. The van der Waals surface area contributed by atoms with E-state index in [0.29, 0.717) is 18.5 Å². The molecule has 1 N–H and O–H groups in total. The number of likely N-dealkylation sites (tertiary alicyclic amines) is 1. The standard InChI is InChI=1S/C13H16N2O4/c1-14-8-9(5-6-11(14)16)12(17)15-7-3-2-4-10(15)13(18)19/h5-6,8,10H,2-4,7H2,1H3,(H,18,19)/t10-/m0/s1. The van der Waals surface area contributed by atoms with Gasteiger partial charge in [-0.2, -0.15) is 0 Å². The molecule has 102 valence electrons. The van der Waals surface area contributed by atoms with Gasteiger partial charge in [0.05, 0.1) is 5.56 Å². The summed E-state index contributed by atoms with van der Waals surface area (Å²) < 4.78 is 1.31. The van der Waals surface area contributed by atoms with Crippen molar-refractivity contribution < 1.29 is 14.7 Å². The van der Waals surface area contributed by atoms with E-state index < -0.39 is 12.0 Å². The number of rotatable bonds is 2. The summed E-state index contributed by atoms with van der Waals surface area (Å²) in [5.41, 5.74) is 0.139. The summed E-state index contributed by atoms with van der Waals surface area (Å²) in [5, 5.41) is 9.15. The number of aryl methyl sites for hydroxylation is 1. The van der Waals surface area contributed by atoms with Crippen LogP contribution in [0.5, 0.6) is 0 Å². The van der Waals surface area contributed by atoms with Gasteiger partial charge in [-0.15, -0.1) is 0 Å². The van der Waals surface area contributed by atoms with Gasteiger partial charge in [0.1, 0.15) is 6.04 Å². The fraction of sp³-hybridized carbons (Fsp3) is 0.462. The van der Waals surface area contributed by atoms with Gasteiger partial charge in [0.2, 0.25) is 5.56 Å². The maximum atomic E-state index is 12.3. The van der Waals surface area contributed by atoms with Gasteiger partial charge in [0.25, 0.3) is 5.91 Å². The summed E-state index contributed by atoms with van der Waals surface area (Å²) in [5.74, 6) is -1.31. The Labute approximate surface area is 110 Å². The topological polar surface area (TPSA) is 79.6 Å². The number of carbonyl (C=O) groups excluding carboxylic acids is 1. The van der Waals surface area contributed by atoms with Crippen LogP contribution in [-0.4, -0.2) is 39.0 Å². The Bertz CT molecular complexity index is 564. The largest absolute Gasteiger partial charge is 0.480 e. The minimum atomic E-state index is -0.974. The fourth-order valence-corrected chi connectivity index (χ4v) is 2.32. The maximum absolute atomic E-state index is 12.3. The van der Waals surface area contributed by atoms with Crippen molar-refractivity contribution in [1.82, 2.24) is 9.47 Å². The molecule has 19 heavy (non-hydrogen) atoms. The van der Waals surface area contributed by atoms with Crippen molar-refractivity contribution in [2.45, 2.75) is 25.3 Å². The monoisotopic (exact) mass is 264 g/mol. The van der Waals surface area contributed by atoms with Crippen molar-refractivity contribution in [2.75, 3.05) is 6.54 Å². The predicted octanol–water partition coefficient (Wildman–Crippen LogP) is 0.465. The third-order valence-electron chi connectivity index (χ3n) is 3.38. The molecule has 1 aliphatic heterocycles. The molecule has 0 unspecified atom stereocenters. The van der Waals surface area contributed by atoms with Crippen LogP contribution < -0.4 is 5.56 Å². The molecule has 1 saturated heterocycles. The van der Waals surface area contributed by atoms with Crippen molar-refractivity contribution in [3.63, 3.8) is 0 Å². The zero-order valence-corrected chi connectivity index (χ0v) is 10.7. The number of carbonyl (C=O) groups is 2. The van der Waals surface area contributed by atoms with Gasteiger partial charge in [0.15, 0.2) is 0 Å². The first-order valence-corrected chi connectivity index (χ1v) is 6.21. The van der Waals surface area contributed by atoms with E-state index in [1.54, 1.807) is 7.05 Å². The van der Waals surface area contributed by atoms with Crippen LogP contribution in [0.15, 0.2) is 23.1 Å². The van der Waals surface area contributed by atoms with E-state index in [1.165, 1.54) is 27.8 Å². The molecule has 1 aliphatic rings. The number of hydrogen-bond donors (Lipinski definition) is 1. The van der Waals surface area contributed by atoms with Gasteiger partial charge < -0.3 is 14.6 Å². The lowest BCUT2D eigenvalue weighted by atomic mass is 10.0. The van der Waals surface area contributed by atoms with Gasteiger partial charge in [-0.1, -0.05) is 0 Å². The molecule has 0 spiro atoms. The zero-order valence-electron chi connectivity index (χ0n) is 10.7. The van der Waals surface area contributed by atoms with Gasteiger partial charge in [-0.25, -0.2) is 4.79 Å². The number of carboxylic acid groups (broad SMARTS) is 1. The maximum Gasteiger partial charge on any atom is 0.326 e. The second kappa shape index (κ2) is 5.26. The zero-order chi connectivity index (χ0) is 14.0. The van der Waals surface area contributed by atoms with Crippen molar-refractivity contribution in [1.29, 1.82) is 0 Å². The predicted molar refractivity (Wildman–Crippen MR) is 68.0 cm³/mol. The fourth-order valence-electron chi connectivity index (χ4n) is 2.32. The van der Waals surface area contributed by atoms with Gasteiger partial charge >= 0.3 is 5.97 Å². The van der Waals surface area contributed by atoms with Gasteiger partial charge in [-0.05, 0) is 25.3 Å². The summed E-state index contributed by atoms with van der Waals surface area (Å²) in [7, 11) is 1.56. The number of piperidine rings is 1. The molecule has 2 heterocycles. The quantitative estimate of drug-likeness (QED) is 0.841. The Balaban J connectivity index is 2.28. The Morgan fingerprint density at radius 1 is 1.32 bits per heavy atom. The van der Waals surface area contributed by atoms with Crippen LogP contribution >= 0.6 is 0 Å². The minimum Gasteiger partial charge on any atom is -0.480 e. The normalized spacial score (nSPS) is 19.2. The second-order valence-electron chi connectivity index (χ2n) is 4.72. The van der Waals surface area contributed by atoms with Crippen LogP contribution in [0.3, 0.4) is 0 Å². The molecule has 0 saturated carbocycles. The molecule has 1 fully saturated rings. The van der Waals surface area contributed by atoms with Crippen LogP contribution in [0.1, 0.15) is 29.6 Å². The Hall–Kier alpha value is -2.11. The summed E-state index contributed by atoms with van der Waals surface area (Å²) in [6.07, 6.45) is 3.54. The highest BCUT2D eigenvalue weighted by molar-refractivity contribution is 5.96. The van der Waals surface area contributed by atoms with Crippen LogP contribution in [0.25, 0.3) is 0 Å². The molecule has 0 aromatic carbocycles. The highest BCUT2D eigenvalue weighted by Crippen LogP contribution is 2.19. The third kappa shape index (κ3) is 2.67. The van der Waals surface area contributed by atoms with E-state index in [0.717, 1.165) is 12.8 Å². The molecule has 1 atom stereocenters. The van der Waals surface area contributed by atoms with E-state index in [1.807, 2.05) is 0 Å². The molecule has 0 bridgehead atoms. The van der Waals surface area contributed by atoms with Crippen molar-refractivity contribution in [3.8, 4) is 0 Å². The number of pyridine rings is 1. The number of carboxylic acids is 1. The van der Waals surface area contributed by atoms with E-state index in [2.05, 4.69) is 0 Å². The van der Waals surface area contributed by atoms with Gasteiger partial charge in [-0.3, -0.25) is 9.59 Å². The molecule has 0 radical (unpaired) electrons. The van der Waals surface area contributed by atoms with Crippen molar-refractivity contribution in [2.24, 2.45) is 7.05 Å². The third-order valence-corrected chi connectivity index (χ3v) is 3.38. The Morgan fingerprint density at radius 3 is 2.68 bits per heavy atom. The lowest BCUT2D eigenvalue weighted by molar-refractivity contribution is -0.143. The molecule has 6 nitrogen and oxygen atoms in total. The number of aromatic nitrogens is 1.